The van der Waals surface area contributed by atoms with Gasteiger partial charge >= 0.3 is 0 Å². The molecule has 1 aliphatic heterocycles. The Morgan fingerprint density at radius 2 is 1.22 bits per heavy atom. The zero-order valence-corrected chi connectivity index (χ0v) is 26.5. The molecule has 224 valence electrons. The summed E-state index contributed by atoms with van der Waals surface area (Å²) in [7, 11) is 0. The highest BCUT2D eigenvalue weighted by Gasteiger charge is 2.35. The topological polar surface area (TPSA) is 8.17 Å². The largest absolute Gasteiger partial charge is 0.364 e. The van der Waals surface area contributed by atoms with Crippen LogP contribution in [-0.2, 0) is 6.54 Å². The fourth-order valence-corrected chi connectivity index (χ4v) is 7.42. The van der Waals surface area contributed by atoms with Gasteiger partial charge in [0.15, 0.2) is 0 Å². The fraction of sp³-hybridized carbons (Fsp3) is 0.136. The Balaban J connectivity index is 0.951. The molecule has 6 aromatic rings. The lowest BCUT2D eigenvalue weighted by molar-refractivity contribution is 0.685. The van der Waals surface area contributed by atoms with Gasteiger partial charge in [0, 0.05) is 46.5 Å². The standard InChI is InChI=1S/C44H38N2/c1-3-45-41-11-7-5-9-37(41)39-29-33(21-27-43(39)45)15-13-31-17-23-35(24-18-31)36-25-19-32(20-26-36)14-16-34-22-28-44-40(30-34)38-10-6-8-12-42(38)46(44)4-2/h5-30,39,43H,3-4H2,1-2H3/b15-13+,16-14+. The summed E-state index contributed by atoms with van der Waals surface area (Å²) in [6.45, 7) is 6.45. The lowest BCUT2D eigenvalue weighted by Gasteiger charge is -2.28. The molecule has 46 heavy (non-hydrogen) atoms. The van der Waals surface area contributed by atoms with Crippen molar-refractivity contribution in [3.05, 3.63) is 167 Å². The van der Waals surface area contributed by atoms with Gasteiger partial charge in [0.2, 0.25) is 0 Å². The Hall–Kier alpha value is -5.34. The van der Waals surface area contributed by atoms with Gasteiger partial charge in [-0.3, -0.25) is 0 Å². The monoisotopic (exact) mass is 594 g/mol. The molecule has 1 aliphatic carbocycles. The summed E-state index contributed by atoms with van der Waals surface area (Å²) in [6, 6.07) is 42.5. The van der Waals surface area contributed by atoms with Crippen LogP contribution >= 0.6 is 0 Å². The number of likely N-dealkylation sites (N-methyl/N-ethyl adjacent to an activating group) is 1. The van der Waals surface area contributed by atoms with E-state index in [1.54, 1.807) is 0 Å². The first kappa shape index (κ1) is 28.2. The molecule has 2 heteroatoms. The third kappa shape index (κ3) is 5.01. The summed E-state index contributed by atoms with van der Waals surface area (Å²) in [5.41, 5.74) is 12.8. The van der Waals surface area contributed by atoms with E-state index in [1.165, 1.54) is 66.4 Å². The number of hydrogen-bond acceptors (Lipinski definition) is 1. The number of para-hydroxylation sites is 2. The highest BCUT2D eigenvalue weighted by atomic mass is 15.2. The first-order valence-corrected chi connectivity index (χ1v) is 16.5. The summed E-state index contributed by atoms with van der Waals surface area (Å²) >= 11 is 0. The molecule has 8 rings (SSSR count). The van der Waals surface area contributed by atoms with Gasteiger partial charge in [-0.05, 0) is 77.1 Å². The minimum atomic E-state index is 0.415. The number of rotatable bonds is 7. The molecule has 2 nitrogen and oxygen atoms in total. The minimum absolute atomic E-state index is 0.415. The first-order valence-electron chi connectivity index (χ1n) is 16.5. The van der Waals surface area contributed by atoms with E-state index in [0.717, 1.165) is 13.1 Å². The molecular weight excluding hydrogens is 556 g/mol. The SMILES string of the molecule is CCN1c2ccccc2C2C=C(/C=C/c3ccc(-c4ccc(/C=C/c5ccc6c(c5)c5ccccc5n6CC)cc4)cc3)C=CC21. The van der Waals surface area contributed by atoms with E-state index in [9.17, 15) is 0 Å². The Bertz CT molecular complexity index is 2170. The maximum Gasteiger partial charge on any atom is 0.0580 e. The summed E-state index contributed by atoms with van der Waals surface area (Å²) in [5, 5.41) is 2.64. The van der Waals surface area contributed by atoms with Crippen molar-refractivity contribution in [2.24, 2.45) is 0 Å². The van der Waals surface area contributed by atoms with Gasteiger partial charge in [0.1, 0.15) is 0 Å². The van der Waals surface area contributed by atoms with E-state index in [-0.39, 0.29) is 0 Å². The van der Waals surface area contributed by atoms with Gasteiger partial charge in [-0.25, -0.2) is 0 Å². The molecular formula is C44H38N2. The minimum Gasteiger partial charge on any atom is -0.364 e. The highest BCUT2D eigenvalue weighted by Crippen LogP contribution is 2.44. The number of anilines is 1. The summed E-state index contributed by atoms with van der Waals surface area (Å²) < 4.78 is 2.40. The molecule has 0 saturated carbocycles. The molecule has 1 aromatic heterocycles. The Morgan fingerprint density at radius 3 is 1.96 bits per heavy atom. The molecule has 0 N–H and O–H groups in total. The Labute approximate surface area is 271 Å². The maximum absolute atomic E-state index is 2.52. The predicted molar refractivity (Wildman–Crippen MR) is 198 cm³/mol. The summed E-state index contributed by atoms with van der Waals surface area (Å²) in [4.78, 5) is 2.52. The first-order chi connectivity index (χ1) is 22.7. The van der Waals surface area contributed by atoms with Crippen molar-refractivity contribution in [1.82, 2.24) is 4.57 Å². The molecule has 2 heterocycles. The van der Waals surface area contributed by atoms with Crippen molar-refractivity contribution in [2.75, 3.05) is 11.4 Å². The van der Waals surface area contributed by atoms with Crippen LogP contribution in [0.15, 0.2) is 145 Å². The average Bonchev–Trinajstić information content (AvgIpc) is 3.61. The van der Waals surface area contributed by atoms with E-state index in [2.05, 4.69) is 181 Å². The fourth-order valence-electron chi connectivity index (χ4n) is 7.42. The van der Waals surface area contributed by atoms with Crippen LogP contribution in [0.25, 0.3) is 51.2 Å². The Morgan fingerprint density at radius 1 is 0.587 bits per heavy atom. The molecule has 0 fully saturated rings. The van der Waals surface area contributed by atoms with Crippen molar-refractivity contribution in [2.45, 2.75) is 32.4 Å². The molecule has 0 saturated heterocycles. The van der Waals surface area contributed by atoms with Crippen LogP contribution in [-0.4, -0.2) is 17.2 Å². The molecule has 2 unspecified atom stereocenters. The quantitative estimate of drug-likeness (QED) is 0.167. The van der Waals surface area contributed by atoms with Crippen molar-refractivity contribution >= 4 is 45.7 Å². The smallest absolute Gasteiger partial charge is 0.0580 e. The number of benzene rings is 5. The number of aryl methyl sites for hydroxylation is 1. The number of fused-ring (bicyclic) bond motifs is 6. The van der Waals surface area contributed by atoms with Crippen LogP contribution in [0.3, 0.4) is 0 Å². The third-order valence-electron chi connectivity index (χ3n) is 9.74. The molecule has 0 radical (unpaired) electrons. The normalized spacial score (nSPS) is 17.3. The van der Waals surface area contributed by atoms with E-state index in [1.807, 2.05) is 0 Å². The second kappa shape index (κ2) is 11.9. The van der Waals surface area contributed by atoms with E-state index >= 15 is 0 Å². The van der Waals surface area contributed by atoms with Crippen molar-refractivity contribution in [1.29, 1.82) is 0 Å². The molecule has 5 aromatic carbocycles. The van der Waals surface area contributed by atoms with Crippen LogP contribution in [0.4, 0.5) is 5.69 Å². The van der Waals surface area contributed by atoms with Crippen molar-refractivity contribution in [3.63, 3.8) is 0 Å². The maximum atomic E-state index is 2.52. The van der Waals surface area contributed by atoms with E-state index < -0.39 is 0 Å². The Kier molecular flexibility index (Phi) is 7.27. The van der Waals surface area contributed by atoms with Gasteiger partial charge in [0.05, 0.1) is 6.04 Å². The van der Waals surface area contributed by atoms with E-state index in [0.29, 0.717) is 12.0 Å². The van der Waals surface area contributed by atoms with Crippen molar-refractivity contribution < 1.29 is 0 Å². The number of aromatic nitrogens is 1. The van der Waals surface area contributed by atoms with Crippen LogP contribution in [0.5, 0.6) is 0 Å². The van der Waals surface area contributed by atoms with Crippen LogP contribution < -0.4 is 4.90 Å². The summed E-state index contributed by atoms with van der Waals surface area (Å²) in [5.74, 6) is 0.415. The lowest BCUT2D eigenvalue weighted by Crippen LogP contribution is -2.32. The van der Waals surface area contributed by atoms with Gasteiger partial charge in [-0.2, -0.15) is 0 Å². The number of nitrogens with zero attached hydrogens (tertiary/aromatic N) is 2. The second-order valence-electron chi connectivity index (χ2n) is 12.3. The highest BCUT2D eigenvalue weighted by molar-refractivity contribution is 6.08. The van der Waals surface area contributed by atoms with Crippen molar-refractivity contribution in [3.8, 4) is 11.1 Å². The van der Waals surface area contributed by atoms with Gasteiger partial charge < -0.3 is 9.47 Å². The van der Waals surface area contributed by atoms with Crippen LogP contribution in [0.2, 0.25) is 0 Å². The van der Waals surface area contributed by atoms with Gasteiger partial charge in [-0.15, -0.1) is 0 Å². The molecule has 0 spiro atoms. The van der Waals surface area contributed by atoms with Crippen LogP contribution in [0.1, 0.15) is 42.0 Å². The third-order valence-corrected chi connectivity index (χ3v) is 9.74. The van der Waals surface area contributed by atoms with Gasteiger partial charge in [-0.1, -0.05) is 134 Å². The number of hydrogen-bond donors (Lipinski definition) is 0. The van der Waals surface area contributed by atoms with E-state index in [4.69, 9.17) is 0 Å². The molecule has 0 bridgehead atoms. The zero-order chi connectivity index (χ0) is 31.0. The molecule has 0 amide bonds. The number of allylic oxidation sites excluding steroid dienone is 3. The van der Waals surface area contributed by atoms with Gasteiger partial charge in [0.25, 0.3) is 0 Å². The van der Waals surface area contributed by atoms with Crippen LogP contribution in [0, 0.1) is 0 Å². The average molecular weight is 595 g/mol. The summed E-state index contributed by atoms with van der Waals surface area (Å²) in [6.07, 6.45) is 16.0. The molecule has 2 atom stereocenters. The second-order valence-corrected chi connectivity index (χ2v) is 12.3. The predicted octanol–water partition coefficient (Wildman–Crippen LogP) is 11.2. The molecule has 2 aliphatic rings. The lowest BCUT2D eigenvalue weighted by atomic mass is 9.88. The zero-order valence-electron chi connectivity index (χ0n) is 26.5.